The lowest BCUT2D eigenvalue weighted by atomic mass is 9.84. The molecule has 0 saturated heterocycles. The van der Waals surface area contributed by atoms with Crippen molar-refractivity contribution in [3.05, 3.63) is 23.4 Å². The average molecular weight is 146 g/mol. The zero-order valence-electron chi connectivity index (χ0n) is 6.76. The molecular formula is C9H10N2. The molecule has 1 unspecified atom stereocenters. The first-order valence-electron chi connectivity index (χ1n) is 3.78. The largest absolute Gasteiger partial charge is 0.214 e. The summed E-state index contributed by atoms with van der Waals surface area (Å²) in [5.74, 6) is 0. The Balaban J connectivity index is 2.63. The van der Waals surface area contributed by atoms with Crippen molar-refractivity contribution < 1.29 is 0 Å². The first-order valence-corrected chi connectivity index (χ1v) is 3.78. The minimum absolute atomic E-state index is 0.0498. The number of aliphatic imine (C=N–C) groups is 2. The van der Waals surface area contributed by atoms with Crippen molar-refractivity contribution in [3.63, 3.8) is 0 Å². The Morgan fingerprint density at radius 2 is 2.45 bits per heavy atom. The van der Waals surface area contributed by atoms with Crippen molar-refractivity contribution in [1.82, 2.24) is 0 Å². The van der Waals surface area contributed by atoms with Crippen molar-refractivity contribution >= 4 is 6.01 Å². The summed E-state index contributed by atoms with van der Waals surface area (Å²) in [6.45, 7) is 4.21. The van der Waals surface area contributed by atoms with Crippen molar-refractivity contribution in [3.8, 4) is 0 Å². The third kappa shape index (κ3) is 0.798. The van der Waals surface area contributed by atoms with Crippen LogP contribution in [0, 0.1) is 0 Å². The molecule has 0 saturated carbocycles. The Labute approximate surface area is 66.1 Å². The van der Waals surface area contributed by atoms with Crippen LogP contribution in [0.4, 0.5) is 0 Å². The predicted octanol–water partition coefficient (Wildman–Crippen LogP) is 2.17. The Bertz CT molecular complexity index is 316. The molecule has 11 heavy (non-hydrogen) atoms. The van der Waals surface area contributed by atoms with E-state index in [4.69, 9.17) is 0 Å². The molecule has 1 aliphatic heterocycles. The summed E-state index contributed by atoms with van der Waals surface area (Å²) in [6, 6.07) is 2.70. The van der Waals surface area contributed by atoms with Gasteiger partial charge in [-0.1, -0.05) is 6.08 Å². The van der Waals surface area contributed by atoms with Crippen LogP contribution in [0.5, 0.6) is 0 Å². The maximum absolute atomic E-state index is 4.24. The van der Waals surface area contributed by atoms with Gasteiger partial charge in [0.1, 0.15) is 0 Å². The van der Waals surface area contributed by atoms with E-state index in [1.807, 2.05) is 6.08 Å². The van der Waals surface area contributed by atoms with E-state index in [-0.39, 0.29) is 5.54 Å². The fourth-order valence-electron chi connectivity index (χ4n) is 1.39. The Hall–Kier alpha value is -1.14. The minimum Gasteiger partial charge on any atom is -0.214 e. The molecule has 0 aromatic rings. The van der Waals surface area contributed by atoms with Crippen LogP contribution in [-0.2, 0) is 0 Å². The van der Waals surface area contributed by atoms with E-state index >= 15 is 0 Å². The minimum atomic E-state index is -0.0498. The van der Waals surface area contributed by atoms with Crippen molar-refractivity contribution in [2.24, 2.45) is 9.98 Å². The summed E-state index contributed by atoms with van der Waals surface area (Å²) < 4.78 is 0. The van der Waals surface area contributed by atoms with E-state index in [0.717, 1.165) is 12.1 Å². The van der Waals surface area contributed by atoms with E-state index in [2.05, 4.69) is 35.9 Å². The number of rotatable bonds is 0. The van der Waals surface area contributed by atoms with Gasteiger partial charge in [-0.15, -0.1) is 0 Å². The Morgan fingerprint density at radius 1 is 1.64 bits per heavy atom. The van der Waals surface area contributed by atoms with Gasteiger partial charge in [0.15, 0.2) is 0 Å². The number of fused-ring (bicyclic) bond motifs is 1. The van der Waals surface area contributed by atoms with Crippen LogP contribution in [0.15, 0.2) is 33.4 Å². The zero-order valence-corrected chi connectivity index (χ0v) is 6.76. The summed E-state index contributed by atoms with van der Waals surface area (Å²) >= 11 is 0. The van der Waals surface area contributed by atoms with Gasteiger partial charge < -0.3 is 0 Å². The maximum atomic E-state index is 4.24. The standard InChI is InChI=1S/C9H10N2/c1-7-8-4-3-5-9(7,2)11-6-10-8/h3-4H,5H2,1-2H3. The second-order valence-corrected chi connectivity index (χ2v) is 3.21. The molecule has 1 heterocycles. The quantitative estimate of drug-likeness (QED) is 0.500. The highest BCUT2D eigenvalue weighted by atomic mass is 14.9. The highest BCUT2D eigenvalue weighted by Crippen LogP contribution is 2.34. The van der Waals surface area contributed by atoms with Gasteiger partial charge in [-0.25, -0.2) is 4.99 Å². The van der Waals surface area contributed by atoms with Gasteiger partial charge in [-0.05, 0) is 31.9 Å². The zero-order chi connectivity index (χ0) is 7.90. The lowest BCUT2D eigenvalue weighted by Gasteiger charge is -2.28. The van der Waals surface area contributed by atoms with Crippen LogP contribution in [0.2, 0.25) is 0 Å². The predicted molar refractivity (Wildman–Crippen MR) is 44.7 cm³/mol. The highest BCUT2D eigenvalue weighted by molar-refractivity contribution is 5.55. The van der Waals surface area contributed by atoms with Crippen LogP contribution in [0.1, 0.15) is 20.3 Å². The van der Waals surface area contributed by atoms with Gasteiger partial charge in [-0.2, -0.15) is 4.99 Å². The molecule has 1 aliphatic carbocycles. The maximum Gasteiger partial charge on any atom is 0.0958 e. The third-order valence-electron chi connectivity index (χ3n) is 2.45. The molecule has 2 aliphatic rings. The van der Waals surface area contributed by atoms with E-state index in [0.29, 0.717) is 0 Å². The van der Waals surface area contributed by atoms with E-state index in [1.54, 1.807) is 0 Å². The van der Waals surface area contributed by atoms with E-state index in [9.17, 15) is 0 Å². The van der Waals surface area contributed by atoms with Gasteiger partial charge in [0.05, 0.1) is 17.2 Å². The summed E-state index contributed by atoms with van der Waals surface area (Å²) in [4.78, 5) is 8.29. The van der Waals surface area contributed by atoms with Crippen LogP contribution in [0.3, 0.4) is 0 Å². The molecular weight excluding hydrogens is 136 g/mol. The summed E-state index contributed by atoms with van der Waals surface area (Å²) in [6.07, 6.45) is 5.14. The fraction of sp³-hybridized carbons (Fsp3) is 0.444. The van der Waals surface area contributed by atoms with Crippen molar-refractivity contribution in [2.75, 3.05) is 0 Å². The van der Waals surface area contributed by atoms with Crippen molar-refractivity contribution in [1.29, 1.82) is 0 Å². The number of hydrogen-bond donors (Lipinski definition) is 0. The van der Waals surface area contributed by atoms with E-state index in [1.165, 1.54) is 5.57 Å². The third-order valence-corrected chi connectivity index (χ3v) is 2.45. The van der Waals surface area contributed by atoms with Gasteiger partial charge in [0, 0.05) is 0 Å². The fourth-order valence-corrected chi connectivity index (χ4v) is 1.39. The smallest absolute Gasteiger partial charge is 0.0958 e. The van der Waals surface area contributed by atoms with Gasteiger partial charge in [0.25, 0.3) is 0 Å². The average Bonchev–Trinajstić information content (AvgIpc) is 1.93. The molecule has 0 aromatic carbocycles. The summed E-state index contributed by atoms with van der Waals surface area (Å²) in [5, 5.41) is 0. The van der Waals surface area contributed by atoms with Gasteiger partial charge in [-0.3, -0.25) is 0 Å². The monoisotopic (exact) mass is 146 g/mol. The molecule has 2 rings (SSSR count). The van der Waals surface area contributed by atoms with Gasteiger partial charge >= 0.3 is 0 Å². The topological polar surface area (TPSA) is 24.7 Å². The molecule has 0 spiro atoms. The molecule has 0 N–H and O–H groups in total. The number of allylic oxidation sites excluding steroid dienone is 1. The Kier molecular flexibility index (Phi) is 1.15. The van der Waals surface area contributed by atoms with Gasteiger partial charge in [0.2, 0.25) is 0 Å². The molecule has 0 radical (unpaired) electrons. The van der Waals surface area contributed by atoms with Crippen LogP contribution < -0.4 is 0 Å². The first-order chi connectivity index (χ1) is 5.22. The van der Waals surface area contributed by atoms with Crippen molar-refractivity contribution in [2.45, 2.75) is 25.8 Å². The number of nitrogens with zero attached hydrogens (tertiary/aromatic N) is 2. The second kappa shape index (κ2) is 1.93. The van der Waals surface area contributed by atoms with E-state index < -0.39 is 0 Å². The second-order valence-electron chi connectivity index (χ2n) is 3.21. The summed E-state index contributed by atoms with van der Waals surface area (Å²) in [5.41, 5.74) is 2.25. The number of hydrogen-bond acceptors (Lipinski definition) is 2. The molecule has 56 valence electrons. The normalized spacial score (nSPS) is 33.3. The lowest BCUT2D eigenvalue weighted by Crippen LogP contribution is -2.27. The van der Waals surface area contributed by atoms with Crippen LogP contribution in [0.25, 0.3) is 0 Å². The van der Waals surface area contributed by atoms with Crippen LogP contribution in [-0.4, -0.2) is 11.5 Å². The SMILES string of the molecule is CC1=C2C=CCC1(C)N=C=N2. The Morgan fingerprint density at radius 3 is 3.09 bits per heavy atom. The molecule has 2 heteroatoms. The van der Waals surface area contributed by atoms with Crippen LogP contribution >= 0.6 is 0 Å². The molecule has 2 nitrogen and oxygen atoms in total. The lowest BCUT2D eigenvalue weighted by molar-refractivity contribution is 0.546. The highest BCUT2D eigenvalue weighted by Gasteiger charge is 2.30. The molecule has 0 fully saturated rings. The molecule has 0 amide bonds. The first kappa shape index (κ1) is 6.56. The molecule has 1 atom stereocenters. The molecule has 0 aromatic heterocycles. The molecule has 2 bridgehead atoms. The summed E-state index contributed by atoms with van der Waals surface area (Å²) in [7, 11) is 0.